The number of hydrogen-bond donors (Lipinski definition) is 2. The molecule has 2 N–H and O–H groups in total. The molecule has 0 aliphatic carbocycles. The molecule has 0 spiro atoms. The van der Waals surface area contributed by atoms with Crippen LogP contribution in [-0.2, 0) is 6.54 Å². The molecule has 1 aromatic heterocycles. The van der Waals surface area contributed by atoms with E-state index >= 15 is 0 Å². The molecular formula is C22H35IN6. The lowest BCUT2D eigenvalue weighted by atomic mass is 10.0. The Balaban J connectivity index is 0.00000300. The maximum absolute atomic E-state index is 4.74. The van der Waals surface area contributed by atoms with E-state index in [1.54, 1.807) is 0 Å². The van der Waals surface area contributed by atoms with Crippen LogP contribution in [0.1, 0.15) is 43.6 Å². The highest BCUT2D eigenvalue weighted by Crippen LogP contribution is 2.18. The van der Waals surface area contributed by atoms with Crippen molar-refractivity contribution >= 4 is 29.9 Å². The molecule has 1 aliphatic rings. The molecule has 2 heterocycles. The molecule has 1 aromatic carbocycles. The highest BCUT2D eigenvalue weighted by atomic mass is 127. The van der Waals surface area contributed by atoms with Gasteiger partial charge in [-0.2, -0.15) is 5.10 Å². The number of rotatable bonds is 5. The first-order chi connectivity index (χ1) is 13.5. The molecule has 0 amide bonds. The monoisotopic (exact) mass is 510 g/mol. The van der Waals surface area contributed by atoms with Crippen molar-refractivity contribution < 1.29 is 0 Å². The second kappa shape index (κ2) is 11.0. The SMILES string of the molecule is CN=C(NCc1c(C)nn(-c2ccccc2)c1C)NC1CCN(C(C)C)CC1.I. The number of likely N-dealkylation sites (tertiary alicyclic amines) is 1. The van der Waals surface area contributed by atoms with Crippen molar-refractivity contribution in [3.05, 3.63) is 47.3 Å². The number of aliphatic imine (C=N–C) groups is 1. The summed E-state index contributed by atoms with van der Waals surface area (Å²) in [6.07, 6.45) is 2.31. The number of guanidine groups is 1. The molecule has 3 rings (SSSR count). The van der Waals surface area contributed by atoms with E-state index in [2.05, 4.69) is 60.4 Å². The lowest BCUT2D eigenvalue weighted by Gasteiger charge is -2.35. The standard InChI is InChI=1S/C22H34N6.HI/c1-16(2)27-13-11-19(12-14-27)25-22(23-5)24-15-21-17(3)26-28(18(21)4)20-9-7-6-8-10-20;/h6-10,16,19H,11-15H2,1-5H3,(H2,23,24,25);1H. The van der Waals surface area contributed by atoms with E-state index < -0.39 is 0 Å². The van der Waals surface area contributed by atoms with Crippen LogP contribution in [0.15, 0.2) is 35.3 Å². The van der Waals surface area contributed by atoms with Crippen molar-refractivity contribution in [2.45, 2.75) is 59.2 Å². The van der Waals surface area contributed by atoms with E-state index in [1.807, 2.05) is 29.9 Å². The number of hydrogen-bond acceptors (Lipinski definition) is 3. The molecule has 0 unspecified atom stereocenters. The van der Waals surface area contributed by atoms with E-state index in [9.17, 15) is 0 Å². The van der Waals surface area contributed by atoms with Gasteiger partial charge in [-0.15, -0.1) is 24.0 Å². The predicted molar refractivity (Wildman–Crippen MR) is 132 cm³/mol. The van der Waals surface area contributed by atoms with Gasteiger partial charge >= 0.3 is 0 Å². The zero-order chi connectivity index (χ0) is 20.1. The number of nitrogens with zero attached hydrogens (tertiary/aromatic N) is 4. The summed E-state index contributed by atoms with van der Waals surface area (Å²) < 4.78 is 2.02. The summed E-state index contributed by atoms with van der Waals surface area (Å²) in [7, 11) is 1.84. The molecular weight excluding hydrogens is 475 g/mol. The van der Waals surface area contributed by atoms with Crippen molar-refractivity contribution in [3.63, 3.8) is 0 Å². The maximum Gasteiger partial charge on any atom is 0.191 e. The van der Waals surface area contributed by atoms with Gasteiger partial charge in [0, 0.05) is 50.0 Å². The lowest BCUT2D eigenvalue weighted by Crippen LogP contribution is -2.49. The largest absolute Gasteiger partial charge is 0.354 e. The van der Waals surface area contributed by atoms with Crippen molar-refractivity contribution in [3.8, 4) is 5.69 Å². The van der Waals surface area contributed by atoms with Crippen LogP contribution in [0.2, 0.25) is 0 Å². The summed E-state index contributed by atoms with van der Waals surface area (Å²) in [5.74, 6) is 0.870. The Kier molecular flexibility index (Phi) is 8.95. The first-order valence-corrected chi connectivity index (χ1v) is 10.3. The Hall–Kier alpha value is -1.61. The van der Waals surface area contributed by atoms with Crippen LogP contribution in [0.5, 0.6) is 0 Å². The van der Waals surface area contributed by atoms with Crippen molar-refractivity contribution in [1.29, 1.82) is 0 Å². The summed E-state index contributed by atoms with van der Waals surface area (Å²) in [6, 6.07) is 11.4. The smallest absolute Gasteiger partial charge is 0.191 e. The molecule has 1 fully saturated rings. The van der Waals surface area contributed by atoms with Crippen LogP contribution in [0.4, 0.5) is 0 Å². The van der Waals surface area contributed by atoms with Crippen LogP contribution < -0.4 is 10.6 Å². The van der Waals surface area contributed by atoms with E-state index in [1.165, 1.54) is 5.56 Å². The molecule has 0 saturated carbocycles. The third kappa shape index (κ3) is 5.94. The van der Waals surface area contributed by atoms with Crippen LogP contribution in [0, 0.1) is 13.8 Å². The van der Waals surface area contributed by atoms with E-state index in [0.29, 0.717) is 12.1 Å². The summed E-state index contributed by atoms with van der Waals surface area (Å²) >= 11 is 0. The van der Waals surface area contributed by atoms with Crippen molar-refractivity contribution in [1.82, 2.24) is 25.3 Å². The Morgan fingerprint density at radius 2 is 1.83 bits per heavy atom. The molecule has 0 radical (unpaired) electrons. The minimum atomic E-state index is 0. The molecule has 1 aliphatic heterocycles. The number of piperidine rings is 1. The van der Waals surface area contributed by atoms with Gasteiger partial charge in [0.25, 0.3) is 0 Å². The summed E-state index contributed by atoms with van der Waals surface area (Å²) in [4.78, 5) is 6.97. The summed E-state index contributed by atoms with van der Waals surface area (Å²) in [6.45, 7) is 11.8. The molecule has 160 valence electrons. The van der Waals surface area contributed by atoms with Crippen molar-refractivity contribution in [2.75, 3.05) is 20.1 Å². The third-order valence-corrected chi connectivity index (χ3v) is 5.70. The predicted octanol–water partition coefficient (Wildman–Crippen LogP) is 3.64. The molecule has 0 bridgehead atoms. The van der Waals surface area contributed by atoms with Gasteiger partial charge in [0.2, 0.25) is 0 Å². The number of para-hydroxylation sites is 1. The molecule has 2 aromatic rings. The fourth-order valence-electron chi connectivity index (χ4n) is 3.87. The molecule has 6 nitrogen and oxygen atoms in total. The zero-order valence-corrected chi connectivity index (χ0v) is 20.6. The van der Waals surface area contributed by atoms with Gasteiger partial charge in [-0.25, -0.2) is 4.68 Å². The first-order valence-electron chi connectivity index (χ1n) is 10.3. The van der Waals surface area contributed by atoms with Crippen LogP contribution in [0.3, 0.4) is 0 Å². The summed E-state index contributed by atoms with van der Waals surface area (Å²) in [5.41, 5.74) is 4.53. The lowest BCUT2D eigenvalue weighted by molar-refractivity contribution is 0.167. The Morgan fingerprint density at radius 1 is 1.17 bits per heavy atom. The average molecular weight is 510 g/mol. The highest BCUT2D eigenvalue weighted by molar-refractivity contribution is 14.0. The Labute approximate surface area is 192 Å². The maximum atomic E-state index is 4.74. The zero-order valence-electron chi connectivity index (χ0n) is 18.3. The highest BCUT2D eigenvalue weighted by Gasteiger charge is 2.21. The van der Waals surface area contributed by atoms with Crippen LogP contribution in [-0.4, -0.2) is 52.9 Å². The average Bonchev–Trinajstić information content (AvgIpc) is 3.00. The first kappa shape index (κ1) is 23.7. The number of benzene rings is 1. The normalized spacial score (nSPS) is 16.0. The second-order valence-electron chi connectivity index (χ2n) is 7.87. The van der Waals surface area contributed by atoms with Gasteiger partial charge in [0.15, 0.2) is 5.96 Å². The minimum absolute atomic E-state index is 0. The van der Waals surface area contributed by atoms with Gasteiger partial charge in [0.05, 0.1) is 11.4 Å². The number of halogens is 1. The minimum Gasteiger partial charge on any atom is -0.354 e. The molecule has 0 atom stereocenters. The fraction of sp³-hybridized carbons (Fsp3) is 0.545. The van der Waals surface area contributed by atoms with Crippen LogP contribution in [0.25, 0.3) is 5.69 Å². The van der Waals surface area contributed by atoms with Gasteiger partial charge in [-0.1, -0.05) is 18.2 Å². The van der Waals surface area contributed by atoms with Crippen LogP contribution >= 0.6 is 24.0 Å². The topological polar surface area (TPSA) is 57.5 Å². The number of nitrogens with one attached hydrogen (secondary N) is 2. The molecule has 29 heavy (non-hydrogen) atoms. The summed E-state index contributed by atoms with van der Waals surface area (Å²) in [5, 5.41) is 11.8. The number of aromatic nitrogens is 2. The fourth-order valence-corrected chi connectivity index (χ4v) is 3.87. The molecule has 1 saturated heterocycles. The Morgan fingerprint density at radius 3 is 2.41 bits per heavy atom. The quantitative estimate of drug-likeness (QED) is 0.367. The van der Waals surface area contributed by atoms with Crippen molar-refractivity contribution in [2.24, 2.45) is 4.99 Å². The van der Waals surface area contributed by atoms with Gasteiger partial charge in [-0.05, 0) is 52.7 Å². The number of aryl methyl sites for hydroxylation is 1. The second-order valence-corrected chi connectivity index (χ2v) is 7.87. The Bertz CT molecular complexity index is 791. The van der Waals surface area contributed by atoms with E-state index in [0.717, 1.165) is 55.5 Å². The van der Waals surface area contributed by atoms with Gasteiger partial charge in [0.1, 0.15) is 0 Å². The van der Waals surface area contributed by atoms with Gasteiger partial charge < -0.3 is 15.5 Å². The van der Waals surface area contributed by atoms with E-state index in [4.69, 9.17) is 5.10 Å². The van der Waals surface area contributed by atoms with E-state index in [-0.39, 0.29) is 24.0 Å². The van der Waals surface area contributed by atoms with Gasteiger partial charge in [-0.3, -0.25) is 4.99 Å². The third-order valence-electron chi connectivity index (χ3n) is 5.70. The molecule has 7 heteroatoms.